The Morgan fingerprint density at radius 3 is 2.56 bits per heavy atom. The van der Waals surface area contributed by atoms with Crippen molar-refractivity contribution in [1.82, 2.24) is 4.98 Å². The lowest BCUT2D eigenvalue weighted by molar-refractivity contribution is -0.384. The van der Waals surface area contributed by atoms with E-state index in [1.807, 2.05) is 58.0 Å². The molecule has 2 saturated heterocycles. The number of hydrogen-bond acceptors (Lipinski definition) is 9. The van der Waals surface area contributed by atoms with Crippen molar-refractivity contribution in [2.24, 2.45) is 11.0 Å². The van der Waals surface area contributed by atoms with Gasteiger partial charge >= 0.3 is 18.8 Å². The van der Waals surface area contributed by atoms with Crippen molar-refractivity contribution in [3.8, 4) is 0 Å². The Morgan fingerprint density at radius 1 is 1.23 bits per heavy atom. The fourth-order valence-electron chi connectivity index (χ4n) is 5.09. The average Bonchev–Trinajstić information content (AvgIpc) is 3.36. The third-order valence-electron chi connectivity index (χ3n) is 7.89. The Morgan fingerprint density at radius 2 is 1.92 bits per heavy atom. The van der Waals surface area contributed by atoms with Gasteiger partial charge in [-0.15, -0.1) is 0 Å². The zero-order valence-electron chi connectivity index (χ0n) is 22.6. The number of nitro groups is 1. The molecule has 2 atom stereocenters. The second kappa shape index (κ2) is 11.2. The lowest BCUT2D eigenvalue weighted by Gasteiger charge is -2.32. The third-order valence-corrected chi connectivity index (χ3v) is 7.89. The second-order valence-corrected chi connectivity index (χ2v) is 11.0. The number of hydrogen-bond donors (Lipinski definition) is 0. The first-order valence-electron chi connectivity index (χ1n) is 13.0. The standard InChI is InChI=1S/C26H33BN6O6/c1-24(2)25(3,4)39-27(38-24)14-8-12-20-16-32(22-21(33(35)36)13-9-15-29-22)18-26(20,30-31-28)23(34)37-17-19-10-6-5-7-11-19/h5-7,9-11,13,15,20H,8,12,14,16-18H2,1-4H3/t20-,26-/m0/s1. The normalized spacial score (nSPS) is 23.3. The van der Waals surface area contributed by atoms with Crippen LogP contribution in [0.15, 0.2) is 53.8 Å². The molecule has 0 N–H and O–H groups in total. The van der Waals surface area contributed by atoms with E-state index in [-0.39, 0.29) is 31.2 Å². The van der Waals surface area contributed by atoms with Gasteiger partial charge in [-0.25, -0.2) is 4.98 Å². The molecule has 2 fully saturated rings. The second-order valence-electron chi connectivity index (χ2n) is 11.0. The van der Waals surface area contributed by atoms with Crippen molar-refractivity contribution >= 4 is 24.6 Å². The summed E-state index contributed by atoms with van der Waals surface area (Å²) in [6, 6.07) is 12.0. The maximum atomic E-state index is 13.6. The maximum absolute atomic E-state index is 13.6. The van der Waals surface area contributed by atoms with Crippen LogP contribution in [-0.2, 0) is 25.4 Å². The van der Waals surface area contributed by atoms with E-state index in [0.717, 1.165) is 5.56 Å². The molecule has 0 amide bonds. The van der Waals surface area contributed by atoms with Gasteiger partial charge in [0.2, 0.25) is 5.82 Å². The zero-order valence-corrected chi connectivity index (χ0v) is 22.6. The van der Waals surface area contributed by atoms with E-state index in [9.17, 15) is 20.4 Å². The van der Waals surface area contributed by atoms with Crippen LogP contribution in [0.3, 0.4) is 0 Å². The van der Waals surface area contributed by atoms with Gasteiger partial charge in [-0.3, -0.25) is 14.9 Å². The molecular formula is C26H33BN6O6. The molecular weight excluding hydrogens is 503 g/mol. The topological polar surface area (TPSA) is 153 Å². The molecule has 13 heteroatoms. The first-order chi connectivity index (χ1) is 18.5. The summed E-state index contributed by atoms with van der Waals surface area (Å²) < 4.78 is 17.9. The smallest absolute Gasteiger partial charge is 0.457 e. The summed E-state index contributed by atoms with van der Waals surface area (Å²) in [7, 11) is -0.414. The highest BCUT2D eigenvalue weighted by atomic mass is 16.7. The number of aromatic nitrogens is 1. The highest BCUT2D eigenvalue weighted by Crippen LogP contribution is 2.42. The van der Waals surface area contributed by atoms with Gasteiger partial charge in [0.15, 0.2) is 5.54 Å². The van der Waals surface area contributed by atoms with Crippen LogP contribution in [-0.4, -0.2) is 52.8 Å². The molecule has 0 saturated carbocycles. The minimum atomic E-state index is -1.59. The van der Waals surface area contributed by atoms with Crippen molar-refractivity contribution in [3.05, 3.63) is 74.8 Å². The van der Waals surface area contributed by atoms with Crippen molar-refractivity contribution in [3.63, 3.8) is 0 Å². The van der Waals surface area contributed by atoms with E-state index in [1.54, 1.807) is 4.90 Å². The number of ether oxygens (including phenoxy) is 1. The van der Waals surface area contributed by atoms with Gasteiger partial charge in [0.25, 0.3) is 0 Å². The lowest BCUT2D eigenvalue weighted by atomic mass is 9.78. The van der Waals surface area contributed by atoms with Gasteiger partial charge in [-0.2, -0.15) is 0 Å². The van der Waals surface area contributed by atoms with Crippen LogP contribution < -0.4 is 4.90 Å². The van der Waals surface area contributed by atoms with E-state index >= 15 is 0 Å². The molecule has 0 spiro atoms. The first kappa shape index (κ1) is 28.3. The Balaban J connectivity index is 1.57. The van der Waals surface area contributed by atoms with Crippen molar-refractivity contribution in [2.45, 2.75) is 70.2 Å². The molecule has 0 unspecified atom stereocenters. The average molecular weight is 536 g/mol. The summed E-state index contributed by atoms with van der Waals surface area (Å²) in [6.45, 7) is 8.07. The highest BCUT2D eigenvalue weighted by molar-refractivity contribution is 6.45. The molecule has 12 nitrogen and oxygen atoms in total. The number of anilines is 1. The number of esters is 1. The van der Waals surface area contributed by atoms with Gasteiger partial charge in [0.1, 0.15) is 6.61 Å². The number of nitrogens with zero attached hydrogens (tertiary/aromatic N) is 6. The minimum absolute atomic E-state index is 0.00669. The van der Waals surface area contributed by atoms with E-state index in [2.05, 4.69) is 15.0 Å². The molecule has 2 aliphatic heterocycles. The van der Waals surface area contributed by atoms with Crippen molar-refractivity contribution < 1.29 is 23.8 Å². The largest absolute Gasteiger partial charge is 0.460 e. The summed E-state index contributed by atoms with van der Waals surface area (Å²) in [5.41, 5.74) is 7.60. The maximum Gasteiger partial charge on any atom is 0.457 e. The molecule has 1 aromatic carbocycles. The molecule has 0 radical (unpaired) electrons. The summed E-state index contributed by atoms with van der Waals surface area (Å²) in [6.07, 6.45) is 3.10. The van der Waals surface area contributed by atoms with E-state index in [4.69, 9.17) is 14.0 Å². The molecule has 2 aliphatic rings. The van der Waals surface area contributed by atoms with E-state index < -0.39 is 40.7 Å². The predicted molar refractivity (Wildman–Crippen MR) is 145 cm³/mol. The predicted octanol–water partition coefficient (Wildman–Crippen LogP) is 5.09. The Labute approximate surface area is 227 Å². The highest BCUT2D eigenvalue weighted by Gasteiger charge is 2.55. The van der Waals surface area contributed by atoms with Gasteiger partial charge in [0, 0.05) is 36.2 Å². The first-order valence-corrected chi connectivity index (χ1v) is 13.0. The van der Waals surface area contributed by atoms with Crippen LogP contribution >= 0.6 is 0 Å². The number of carbonyl (C=O) groups excluding carboxylic acids is 1. The van der Waals surface area contributed by atoms with Gasteiger partial charge in [-0.1, -0.05) is 41.9 Å². The SMILES string of the molecule is CC1(C)OB(CCC[C@H]2CN(c3ncccc3[N+](=O)[O-])C[C@@]2(N=[N+]=[N-])C(=O)OCc2ccccc2)OC1(C)C. The van der Waals surface area contributed by atoms with Crippen LogP contribution in [0.4, 0.5) is 11.5 Å². The molecule has 0 bridgehead atoms. The van der Waals surface area contributed by atoms with Crippen LogP contribution in [0.5, 0.6) is 0 Å². The summed E-state index contributed by atoms with van der Waals surface area (Å²) >= 11 is 0. The van der Waals surface area contributed by atoms with Crippen LogP contribution in [0, 0.1) is 16.0 Å². The molecule has 0 aliphatic carbocycles. The Hall–Kier alpha value is -3.67. The quantitative estimate of drug-likeness (QED) is 0.0774. The lowest BCUT2D eigenvalue weighted by Crippen LogP contribution is -2.45. The van der Waals surface area contributed by atoms with Gasteiger partial charge in [-0.05, 0) is 57.6 Å². The molecule has 4 rings (SSSR count). The third kappa shape index (κ3) is 5.85. The van der Waals surface area contributed by atoms with Crippen LogP contribution in [0.25, 0.3) is 10.4 Å². The molecule has 2 aromatic rings. The number of benzene rings is 1. The molecule has 206 valence electrons. The summed E-state index contributed by atoms with van der Waals surface area (Å²) in [5, 5.41) is 15.7. The zero-order chi connectivity index (χ0) is 28.3. The minimum Gasteiger partial charge on any atom is -0.460 e. The van der Waals surface area contributed by atoms with Crippen molar-refractivity contribution in [1.29, 1.82) is 0 Å². The van der Waals surface area contributed by atoms with E-state index in [0.29, 0.717) is 19.2 Å². The molecule has 3 heterocycles. The van der Waals surface area contributed by atoms with Gasteiger partial charge < -0.3 is 18.9 Å². The fourth-order valence-corrected chi connectivity index (χ4v) is 5.09. The monoisotopic (exact) mass is 536 g/mol. The van der Waals surface area contributed by atoms with Crippen LogP contribution in [0.2, 0.25) is 6.32 Å². The van der Waals surface area contributed by atoms with Gasteiger partial charge in [0.05, 0.1) is 16.1 Å². The number of carbonyl (C=O) groups is 1. The number of rotatable bonds is 10. The number of pyridine rings is 1. The number of azide groups is 1. The summed E-state index contributed by atoms with van der Waals surface area (Å²) in [5.74, 6) is -1.05. The molecule has 39 heavy (non-hydrogen) atoms. The van der Waals surface area contributed by atoms with Crippen LogP contribution in [0.1, 0.15) is 46.1 Å². The molecule has 1 aromatic heterocycles. The summed E-state index contributed by atoms with van der Waals surface area (Å²) in [4.78, 5) is 33.7. The Bertz CT molecular complexity index is 1240. The van der Waals surface area contributed by atoms with E-state index in [1.165, 1.54) is 18.3 Å². The fraction of sp³-hybridized carbons (Fsp3) is 0.538. The van der Waals surface area contributed by atoms with Crippen molar-refractivity contribution in [2.75, 3.05) is 18.0 Å². The Kier molecular flexibility index (Phi) is 8.15.